The van der Waals surface area contributed by atoms with Gasteiger partial charge in [0.2, 0.25) is 0 Å². The van der Waals surface area contributed by atoms with Gasteiger partial charge in [-0.3, -0.25) is 19.6 Å². The first-order valence-electron chi connectivity index (χ1n) is 7.86. The second-order valence-electron chi connectivity index (χ2n) is 5.92. The average Bonchev–Trinajstić information content (AvgIpc) is 2.59. The summed E-state index contributed by atoms with van der Waals surface area (Å²) in [6, 6.07) is 5.43. The highest BCUT2D eigenvalue weighted by molar-refractivity contribution is 6.04. The molecule has 0 saturated carbocycles. The van der Waals surface area contributed by atoms with Gasteiger partial charge in [-0.1, -0.05) is 6.07 Å². The zero-order valence-electron chi connectivity index (χ0n) is 12.8. The summed E-state index contributed by atoms with van der Waals surface area (Å²) in [7, 11) is 0. The molecule has 6 nitrogen and oxygen atoms in total. The summed E-state index contributed by atoms with van der Waals surface area (Å²) in [6.45, 7) is 1.32. The third-order valence-electron chi connectivity index (χ3n) is 4.30. The minimum absolute atomic E-state index is 0.0453. The van der Waals surface area contributed by atoms with E-state index in [0.717, 1.165) is 12.8 Å². The van der Waals surface area contributed by atoms with Crippen LogP contribution in [0.2, 0.25) is 0 Å². The van der Waals surface area contributed by atoms with Gasteiger partial charge < -0.3 is 10.0 Å². The van der Waals surface area contributed by atoms with Crippen molar-refractivity contribution < 1.29 is 14.7 Å². The second kappa shape index (κ2) is 6.73. The van der Waals surface area contributed by atoms with Crippen molar-refractivity contribution in [3.8, 4) is 0 Å². The Hall–Kier alpha value is -2.50. The van der Waals surface area contributed by atoms with Gasteiger partial charge in [0.25, 0.3) is 5.91 Å². The molecule has 120 valence electrons. The molecule has 2 heterocycles. The molecule has 1 aromatic heterocycles. The maximum absolute atomic E-state index is 12.8. The molecule has 1 atom stereocenters. The number of hydrogen-bond donors (Lipinski definition) is 1. The molecule has 3 rings (SSSR count). The monoisotopic (exact) mass is 313 g/mol. The van der Waals surface area contributed by atoms with Crippen LogP contribution < -0.4 is 0 Å². The summed E-state index contributed by atoms with van der Waals surface area (Å²) >= 11 is 0. The molecule has 1 unspecified atom stereocenters. The van der Waals surface area contributed by atoms with E-state index in [1.807, 2.05) is 17.0 Å². The Bertz CT molecular complexity index is 727. The van der Waals surface area contributed by atoms with Crippen molar-refractivity contribution in [2.75, 3.05) is 13.1 Å². The zero-order chi connectivity index (χ0) is 16.2. The molecule has 1 aromatic carbocycles. The zero-order valence-corrected chi connectivity index (χ0v) is 12.8. The number of para-hydroxylation sites is 1. The summed E-state index contributed by atoms with van der Waals surface area (Å²) in [4.78, 5) is 33.9. The highest BCUT2D eigenvalue weighted by Crippen LogP contribution is 2.24. The number of likely N-dealkylation sites (tertiary alicyclic amines) is 1. The normalized spacial score (nSPS) is 18.1. The molecule has 1 fully saturated rings. The Labute approximate surface area is 134 Å². The first kappa shape index (κ1) is 15.4. The maximum Gasteiger partial charge on any atom is 0.303 e. The van der Waals surface area contributed by atoms with Crippen molar-refractivity contribution in [3.05, 3.63) is 36.2 Å². The minimum atomic E-state index is -0.780. The van der Waals surface area contributed by atoms with Crippen LogP contribution in [0.5, 0.6) is 0 Å². The third kappa shape index (κ3) is 3.47. The number of carbonyl (C=O) groups excluding carboxylic acids is 1. The van der Waals surface area contributed by atoms with E-state index in [4.69, 9.17) is 5.11 Å². The van der Waals surface area contributed by atoms with Crippen molar-refractivity contribution in [2.24, 2.45) is 5.92 Å². The Balaban J connectivity index is 1.77. The van der Waals surface area contributed by atoms with E-state index in [-0.39, 0.29) is 18.2 Å². The minimum Gasteiger partial charge on any atom is -0.481 e. The van der Waals surface area contributed by atoms with Crippen LogP contribution in [0.25, 0.3) is 11.0 Å². The molecular formula is C17H19N3O3. The lowest BCUT2D eigenvalue weighted by Gasteiger charge is -2.32. The number of carboxylic acid groups (broad SMARTS) is 1. The van der Waals surface area contributed by atoms with Gasteiger partial charge in [0.15, 0.2) is 0 Å². The van der Waals surface area contributed by atoms with E-state index < -0.39 is 5.97 Å². The fraction of sp³-hybridized carbons (Fsp3) is 0.412. The van der Waals surface area contributed by atoms with Crippen molar-refractivity contribution in [1.29, 1.82) is 0 Å². The summed E-state index contributed by atoms with van der Waals surface area (Å²) in [5.41, 5.74) is 1.89. The van der Waals surface area contributed by atoms with E-state index >= 15 is 0 Å². The Morgan fingerprint density at radius 2 is 2.09 bits per heavy atom. The first-order chi connectivity index (χ1) is 11.1. The fourth-order valence-electron chi connectivity index (χ4n) is 3.15. The average molecular weight is 313 g/mol. The second-order valence-corrected chi connectivity index (χ2v) is 5.92. The van der Waals surface area contributed by atoms with Crippen LogP contribution >= 0.6 is 0 Å². The van der Waals surface area contributed by atoms with Gasteiger partial charge in [-0.25, -0.2) is 0 Å². The highest BCUT2D eigenvalue weighted by atomic mass is 16.4. The molecule has 0 bridgehead atoms. The number of hydrogen-bond acceptors (Lipinski definition) is 4. The lowest BCUT2D eigenvalue weighted by molar-refractivity contribution is -0.137. The van der Waals surface area contributed by atoms with E-state index in [0.29, 0.717) is 36.1 Å². The number of fused-ring (bicyclic) bond motifs is 1. The number of piperidine rings is 1. The molecular weight excluding hydrogens is 294 g/mol. The fourth-order valence-corrected chi connectivity index (χ4v) is 3.15. The third-order valence-corrected chi connectivity index (χ3v) is 4.30. The van der Waals surface area contributed by atoms with Gasteiger partial charge in [-0.2, -0.15) is 0 Å². The lowest BCUT2D eigenvalue weighted by Crippen LogP contribution is -2.40. The van der Waals surface area contributed by atoms with Crippen molar-refractivity contribution in [2.45, 2.75) is 25.7 Å². The molecule has 0 aliphatic carbocycles. The first-order valence-corrected chi connectivity index (χ1v) is 7.86. The smallest absolute Gasteiger partial charge is 0.303 e. The number of amides is 1. The van der Waals surface area contributed by atoms with E-state index in [1.165, 1.54) is 0 Å². The Morgan fingerprint density at radius 3 is 2.91 bits per heavy atom. The number of benzene rings is 1. The SMILES string of the molecule is O=C(O)CCC1CCCN(C(=O)c2cccc3nccnc23)C1. The molecule has 6 heteroatoms. The van der Waals surface area contributed by atoms with Crippen LogP contribution in [-0.4, -0.2) is 44.9 Å². The molecule has 0 radical (unpaired) electrons. The predicted molar refractivity (Wildman–Crippen MR) is 85.0 cm³/mol. The Kier molecular flexibility index (Phi) is 4.50. The topological polar surface area (TPSA) is 83.4 Å². The number of carboxylic acids is 1. The van der Waals surface area contributed by atoms with Gasteiger partial charge in [0.1, 0.15) is 5.52 Å². The van der Waals surface area contributed by atoms with E-state index in [1.54, 1.807) is 18.5 Å². The molecule has 23 heavy (non-hydrogen) atoms. The molecule has 1 amide bonds. The number of aromatic nitrogens is 2. The number of rotatable bonds is 4. The van der Waals surface area contributed by atoms with Crippen molar-refractivity contribution >= 4 is 22.9 Å². The summed E-state index contributed by atoms with van der Waals surface area (Å²) in [5.74, 6) is -0.571. The van der Waals surface area contributed by atoms with Crippen LogP contribution in [0.15, 0.2) is 30.6 Å². The number of carbonyl (C=O) groups is 2. The van der Waals surface area contributed by atoms with Gasteiger partial charge in [-0.05, 0) is 37.3 Å². The van der Waals surface area contributed by atoms with Crippen molar-refractivity contribution in [3.63, 3.8) is 0 Å². The van der Waals surface area contributed by atoms with Crippen LogP contribution in [0.3, 0.4) is 0 Å². The largest absolute Gasteiger partial charge is 0.481 e. The van der Waals surface area contributed by atoms with Crippen LogP contribution in [0.4, 0.5) is 0 Å². The van der Waals surface area contributed by atoms with Gasteiger partial charge in [0, 0.05) is 31.9 Å². The summed E-state index contributed by atoms with van der Waals surface area (Å²) < 4.78 is 0. The number of aliphatic carboxylic acids is 1. The van der Waals surface area contributed by atoms with Gasteiger partial charge in [-0.15, -0.1) is 0 Å². The lowest BCUT2D eigenvalue weighted by atomic mass is 9.93. The molecule has 1 N–H and O–H groups in total. The van der Waals surface area contributed by atoms with Crippen LogP contribution in [-0.2, 0) is 4.79 Å². The van der Waals surface area contributed by atoms with Gasteiger partial charge >= 0.3 is 5.97 Å². The standard InChI is InChI=1S/C17H19N3O3/c21-15(22)7-6-12-3-2-10-20(11-12)17(23)13-4-1-5-14-16(13)19-9-8-18-14/h1,4-5,8-9,12H,2-3,6-7,10-11H2,(H,21,22). The van der Waals surface area contributed by atoms with Crippen molar-refractivity contribution in [1.82, 2.24) is 14.9 Å². The molecule has 1 saturated heterocycles. The highest BCUT2D eigenvalue weighted by Gasteiger charge is 2.26. The molecule has 1 aliphatic rings. The van der Waals surface area contributed by atoms with Crippen LogP contribution in [0.1, 0.15) is 36.0 Å². The van der Waals surface area contributed by atoms with Gasteiger partial charge in [0.05, 0.1) is 11.1 Å². The van der Waals surface area contributed by atoms with E-state index in [2.05, 4.69) is 9.97 Å². The molecule has 1 aliphatic heterocycles. The quantitative estimate of drug-likeness (QED) is 0.936. The number of nitrogens with zero attached hydrogens (tertiary/aromatic N) is 3. The van der Waals surface area contributed by atoms with E-state index in [9.17, 15) is 9.59 Å². The molecule has 2 aromatic rings. The molecule has 0 spiro atoms. The Morgan fingerprint density at radius 1 is 1.26 bits per heavy atom. The summed E-state index contributed by atoms with van der Waals surface area (Å²) in [6.07, 6.45) is 5.87. The summed E-state index contributed by atoms with van der Waals surface area (Å²) in [5, 5.41) is 8.82. The van der Waals surface area contributed by atoms with Crippen LogP contribution in [0, 0.1) is 5.92 Å². The predicted octanol–water partition coefficient (Wildman–Crippen LogP) is 2.35. The maximum atomic E-state index is 12.8.